The molecule has 1 rings (SSSR count). The molecule has 54 valence electrons. The molecule has 10 heavy (non-hydrogen) atoms. The topological polar surface area (TPSA) is 84.6 Å². The van der Waals surface area contributed by atoms with Gasteiger partial charge in [0.2, 0.25) is 5.88 Å². The van der Waals surface area contributed by atoms with E-state index in [1.54, 1.807) is 0 Å². The smallest absolute Gasteiger partial charge is 0.492 e. The van der Waals surface area contributed by atoms with E-state index in [9.17, 15) is 4.79 Å². The maximum atomic E-state index is 9.81. The fraction of sp³-hybridized carbons (Fsp3) is 0. The Morgan fingerprint density at radius 2 is 2.50 bits per heavy atom. The van der Waals surface area contributed by atoms with Gasteiger partial charge in [-0.25, -0.2) is 4.79 Å². The van der Waals surface area contributed by atoms with Crippen molar-refractivity contribution < 1.29 is 19.8 Å². The third kappa shape index (κ3) is 1.38. The number of rotatable bonds is 1. The van der Waals surface area contributed by atoms with Gasteiger partial charge in [-0.05, 0) is 0 Å². The van der Waals surface area contributed by atoms with E-state index >= 15 is 0 Å². The summed E-state index contributed by atoms with van der Waals surface area (Å²) in [6, 6.07) is 1.20. The third-order valence-corrected chi connectivity index (χ3v) is 0.724. The summed E-state index contributed by atoms with van der Waals surface area (Å²) in [6.07, 6.45) is -0.313. The second-order valence-electron chi connectivity index (χ2n) is 1.43. The lowest BCUT2D eigenvalue weighted by molar-refractivity contribution is 0.0670. The van der Waals surface area contributed by atoms with Gasteiger partial charge in [-0.3, -0.25) is 4.84 Å². The molecular weight excluding hydrogens is 140 g/mol. The molecule has 0 spiro atoms. The van der Waals surface area contributed by atoms with Gasteiger partial charge in [0.25, 0.3) is 0 Å². The van der Waals surface area contributed by atoms with E-state index in [0.717, 1.165) is 0 Å². The number of nitrogens with zero attached hydrogens (tertiary/aromatic N) is 2. The van der Waals surface area contributed by atoms with Crippen molar-refractivity contribution >= 4 is 6.16 Å². The van der Waals surface area contributed by atoms with Crippen molar-refractivity contribution in [3.8, 4) is 5.88 Å². The summed E-state index contributed by atoms with van der Waals surface area (Å²) in [5, 5.41) is 19.8. The van der Waals surface area contributed by atoms with E-state index in [1.165, 1.54) is 12.3 Å². The fourth-order valence-electron chi connectivity index (χ4n) is 0.429. The van der Waals surface area contributed by atoms with Crippen molar-refractivity contribution in [1.82, 2.24) is 9.94 Å². The van der Waals surface area contributed by atoms with E-state index in [2.05, 4.69) is 9.94 Å². The molecule has 1 aromatic heterocycles. The van der Waals surface area contributed by atoms with E-state index in [0.29, 0.717) is 4.85 Å². The highest BCUT2D eigenvalue weighted by Gasteiger charge is 2.00. The van der Waals surface area contributed by atoms with Crippen LogP contribution < -0.4 is 4.84 Å². The molecule has 0 amide bonds. The van der Waals surface area contributed by atoms with Crippen LogP contribution in [-0.2, 0) is 0 Å². The van der Waals surface area contributed by atoms with Crippen molar-refractivity contribution in [2.75, 3.05) is 0 Å². The molecule has 6 heteroatoms. The van der Waals surface area contributed by atoms with Crippen molar-refractivity contribution in [1.29, 1.82) is 0 Å². The van der Waals surface area contributed by atoms with E-state index in [-0.39, 0.29) is 5.88 Å². The van der Waals surface area contributed by atoms with Crippen molar-refractivity contribution in [3.63, 3.8) is 0 Å². The predicted molar refractivity (Wildman–Crippen MR) is 28.5 cm³/mol. The average molecular weight is 144 g/mol. The maximum absolute atomic E-state index is 9.81. The zero-order chi connectivity index (χ0) is 7.56. The summed E-state index contributed by atoms with van der Waals surface area (Å²) in [7, 11) is 0. The molecule has 0 radical (unpaired) electrons. The largest absolute Gasteiger partial charge is 0.532 e. The first kappa shape index (κ1) is 6.40. The van der Waals surface area contributed by atoms with Gasteiger partial charge in [0.05, 0.1) is 6.20 Å². The number of aromatic nitrogens is 2. The summed E-state index contributed by atoms with van der Waals surface area (Å²) in [6.45, 7) is 0. The third-order valence-electron chi connectivity index (χ3n) is 0.724. The fourth-order valence-corrected chi connectivity index (χ4v) is 0.429. The molecule has 0 fully saturated rings. The van der Waals surface area contributed by atoms with Gasteiger partial charge < -0.3 is 10.2 Å². The Balaban J connectivity index is 2.67. The van der Waals surface area contributed by atoms with E-state index in [1.807, 2.05) is 0 Å². The lowest BCUT2D eigenvalue weighted by Gasteiger charge is -1.93. The summed E-state index contributed by atoms with van der Waals surface area (Å²) in [5.74, 6) is -0.291. The molecule has 0 aliphatic rings. The zero-order valence-electron chi connectivity index (χ0n) is 4.76. The van der Waals surface area contributed by atoms with Crippen LogP contribution in [0.2, 0.25) is 0 Å². The summed E-state index contributed by atoms with van der Waals surface area (Å²) in [5.41, 5.74) is 0. The van der Waals surface area contributed by atoms with Crippen LogP contribution in [0.1, 0.15) is 0 Å². The Labute approximate surface area is 55.2 Å². The molecule has 0 aliphatic carbocycles. The molecule has 0 aliphatic heterocycles. The Bertz CT molecular complexity index is 243. The van der Waals surface area contributed by atoms with Crippen LogP contribution in [0.3, 0.4) is 0 Å². The molecule has 6 nitrogen and oxygen atoms in total. The van der Waals surface area contributed by atoms with E-state index in [4.69, 9.17) is 10.2 Å². The molecule has 0 saturated carbocycles. The van der Waals surface area contributed by atoms with Gasteiger partial charge in [-0.1, -0.05) is 9.94 Å². The van der Waals surface area contributed by atoms with Crippen molar-refractivity contribution in [3.05, 3.63) is 12.3 Å². The minimum atomic E-state index is -1.48. The highest BCUT2D eigenvalue weighted by atomic mass is 16.8. The highest BCUT2D eigenvalue weighted by Crippen LogP contribution is 1.98. The standard InChI is InChI=1S/C4H4N2O4/c7-3-1-2-6(5-3)10-4(8)9/h1-2H,(H,5,7)(H,8,9). The van der Waals surface area contributed by atoms with Gasteiger partial charge in [-0.15, -0.1) is 0 Å². The molecule has 1 aromatic rings. The van der Waals surface area contributed by atoms with Crippen LogP contribution in [0.4, 0.5) is 4.79 Å². The minimum Gasteiger partial charge on any atom is -0.492 e. The average Bonchev–Trinajstić information content (AvgIpc) is 2.13. The van der Waals surface area contributed by atoms with Crippen LogP contribution in [-0.4, -0.2) is 26.3 Å². The number of hydrogen-bond donors (Lipinski definition) is 2. The first-order valence-electron chi connectivity index (χ1n) is 2.34. The summed E-state index contributed by atoms with van der Waals surface area (Å²) < 4.78 is 0. The normalized spacial score (nSPS) is 9.20. The molecular formula is C4H4N2O4. The van der Waals surface area contributed by atoms with Gasteiger partial charge in [0.1, 0.15) is 0 Å². The van der Waals surface area contributed by atoms with E-state index < -0.39 is 6.16 Å². The molecule has 2 N–H and O–H groups in total. The maximum Gasteiger partial charge on any atom is 0.532 e. The monoisotopic (exact) mass is 144 g/mol. The number of carboxylic acid groups (broad SMARTS) is 1. The van der Waals surface area contributed by atoms with Crippen LogP contribution in [0.5, 0.6) is 5.88 Å². The number of aromatic hydroxyl groups is 1. The molecule has 0 aromatic carbocycles. The van der Waals surface area contributed by atoms with Crippen molar-refractivity contribution in [2.45, 2.75) is 0 Å². The van der Waals surface area contributed by atoms with Crippen LogP contribution in [0.25, 0.3) is 0 Å². The summed E-state index contributed by atoms with van der Waals surface area (Å²) in [4.78, 5) is 14.4. The minimum absolute atomic E-state index is 0.291. The van der Waals surface area contributed by atoms with Gasteiger partial charge >= 0.3 is 6.16 Å². The van der Waals surface area contributed by atoms with Crippen LogP contribution >= 0.6 is 0 Å². The SMILES string of the molecule is O=C(O)On1ccc(O)n1. The molecule has 0 saturated heterocycles. The highest BCUT2D eigenvalue weighted by molar-refractivity contribution is 5.56. The Hall–Kier alpha value is -1.72. The van der Waals surface area contributed by atoms with Crippen LogP contribution in [0, 0.1) is 0 Å². The molecule has 0 unspecified atom stereocenters. The van der Waals surface area contributed by atoms with Gasteiger partial charge in [-0.2, -0.15) is 0 Å². The second-order valence-corrected chi connectivity index (χ2v) is 1.43. The zero-order valence-corrected chi connectivity index (χ0v) is 4.76. The first-order chi connectivity index (χ1) is 4.68. The Kier molecular flexibility index (Phi) is 1.44. The first-order valence-corrected chi connectivity index (χ1v) is 2.34. The molecule has 0 bridgehead atoms. The molecule has 0 atom stereocenters. The summed E-state index contributed by atoms with van der Waals surface area (Å²) >= 11 is 0. The number of carbonyl (C=O) groups is 1. The second kappa shape index (κ2) is 2.26. The van der Waals surface area contributed by atoms with Gasteiger partial charge in [0.15, 0.2) is 0 Å². The quantitative estimate of drug-likeness (QED) is 0.565. The van der Waals surface area contributed by atoms with Crippen molar-refractivity contribution in [2.24, 2.45) is 0 Å². The molecule has 1 heterocycles. The Morgan fingerprint density at radius 3 is 2.90 bits per heavy atom. The number of hydrogen-bond acceptors (Lipinski definition) is 4. The Morgan fingerprint density at radius 1 is 1.80 bits per heavy atom. The predicted octanol–water partition coefficient (Wildman–Crippen LogP) is -0.305. The lowest BCUT2D eigenvalue weighted by Crippen LogP contribution is -2.17. The lowest BCUT2D eigenvalue weighted by atomic mass is 10.7. The van der Waals surface area contributed by atoms with Gasteiger partial charge in [0, 0.05) is 6.07 Å². The van der Waals surface area contributed by atoms with Crippen LogP contribution in [0.15, 0.2) is 12.3 Å².